The van der Waals surface area contributed by atoms with Gasteiger partial charge in [0.1, 0.15) is 0 Å². The highest BCUT2D eigenvalue weighted by Gasteiger charge is 2.13. The molecule has 0 aliphatic heterocycles. The van der Waals surface area contributed by atoms with E-state index in [1.54, 1.807) is 11.3 Å². The van der Waals surface area contributed by atoms with Crippen molar-refractivity contribution < 1.29 is 0 Å². The Labute approximate surface area is 116 Å². The van der Waals surface area contributed by atoms with Crippen LogP contribution in [0.3, 0.4) is 0 Å². The zero-order valence-electron chi connectivity index (χ0n) is 10.7. The Bertz CT molecular complexity index is 659. The number of aromatic nitrogens is 2. The fourth-order valence-corrected chi connectivity index (χ4v) is 3.03. The van der Waals surface area contributed by atoms with E-state index in [4.69, 9.17) is 0 Å². The quantitative estimate of drug-likeness (QED) is 0.790. The van der Waals surface area contributed by atoms with E-state index < -0.39 is 0 Å². The topological polar surface area (TPSA) is 37.8 Å². The molecule has 0 aliphatic carbocycles. The maximum Gasteiger partial charge on any atom is 0.0794 e. The molecule has 3 rings (SSSR count). The van der Waals surface area contributed by atoms with Gasteiger partial charge in [0.15, 0.2) is 0 Å². The zero-order chi connectivity index (χ0) is 13.1. The van der Waals surface area contributed by atoms with Gasteiger partial charge in [-0.1, -0.05) is 18.2 Å². The van der Waals surface area contributed by atoms with Crippen molar-refractivity contribution >= 4 is 22.2 Å². The molecule has 0 fully saturated rings. The molecular formula is C15H15N3S. The molecule has 0 saturated heterocycles. The average Bonchev–Trinajstić information content (AvgIpc) is 2.99. The van der Waals surface area contributed by atoms with Gasteiger partial charge in [0.25, 0.3) is 0 Å². The normalized spacial score (nSPS) is 12.7. The second-order valence-electron chi connectivity index (χ2n) is 4.44. The van der Waals surface area contributed by atoms with Crippen molar-refractivity contribution in [3.8, 4) is 0 Å². The van der Waals surface area contributed by atoms with E-state index in [1.807, 2.05) is 31.0 Å². The summed E-state index contributed by atoms with van der Waals surface area (Å²) < 4.78 is 0. The Hall–Kier alpha value is -1.78. The molecule has 2 aromatic heterocycles. The van der Waals surface area contributed by atoms with Crippen LogP contribution < -0.4 is 5.32 Å². The SMILES string of the molecule is CNC(Cc1ccnc2ccccc12)c1cncs1. The monoisotopic (exact) mass is 269 g/mol. The molecule has 0 spiro atoms. The first kappa shape index (κ1) is 12.3. The van der Waals surface area contributed by atoms with Gasteiger partial charge in [-0.25, -0.2) is 0 Å². The van der Waals surface area contributed by atoms with Crippen LogP contribution in [0.15, 0.2) is 48.2 Å². The second kappa shape index (κ2) is 5.47. The van der Waals surface area contributed by atoms with E-state index >= 15 is 0 Å². The van der Waals surface area contributed by atoms with Gasteiger partial charge in [-0.2, -0.15) is 0 Å². The number of thiazole rings is 1. The highest BCUT2D eigenvalue weighted by Crippen LogP contribution is 2.25. The summed E-state index contributed by atoms with van der Waals surface area (Å²) >= 11 is 1.69. The van der Waals surface area contributed by atoms with Crippen LogP contribution in [0.1, 0.15) is 16.5 Å². The maximum absolute atomic E-state index is 4.41. The molecule has 1 atom stereocenters. The van der Waals surface area contributed by atoms with Gasteiger partial charge in [-0.15, -0.1) is 11.3 Å². The molecule has 0 saturated carbocycles. The summed E-state index contributed by atoms with van der Waals surface area (Å²) in [6.45, 7) is 0. The maximum atomic E-state index is 4.41. The molecule has 1 unspecified atom stereocenters. The van der Waals surface area contributed by atoms with E-state index in [0.29, 0.717) is 6.04 Å². The van der Waals surface area contributed by atoms with Crippen LogP contribution in [-0.4, -0.2) is 17.0 Å². The third kappa shape index (κ3) is 2.50. The smallest absolute Gasteiger partial charge is 0.0794 e. The van der Waals surface area contributed by atoms with Crippen molar-refractivity contribution in [3.63, 3.8) is 0 Å². The number of fused-ring (bicyclic) bond motifs is 1. The first-order valence-corrected chi connectivity index (χ1v) is 7.14. The molecule has 1 aromatic carbocycles. The predicted octanol–water partition coefficient (Wildman–Crippen LogP) is 3.19. The van der Waals surface area contributed by atoms with Crippen molar-refractivity contribution in [2.75, 3.05) is 7.05 Å². The van der Waals surface area contributed by atoms with Crippen LogP contribution in [0.2, 0.25) is 0 Å². The summed E-state index contributed by atoms with van der Waals surface area (Å²) in [5.74, 6) is 0. The highest BCUT2D eigenvalue weighted by molar-refractivity contribution is 7.09. The molecule has 2 heterocycles. The Balaban J connectivity index is 1.96. The summed E-state index contributed by atoms with van der Waals surface area (Å²) in [5, 5.41) is 4.60. The van der Waals surface area contributed by atoms with Crippen molar-refractivity contribution in [1.29, 1.82) is 0 Å². The van der Waals surface area contributed by atoms with Gasteiger partial charge in [-0.3, -0.25) is 9.97 Å². The predicted molar refractivity (Wildman–Crippen MR) is 79.4 cm³/mol. The highest BCUT2D eigenvalue weighted by atomic mass is 32.1. The number of rotatable bonds is 4. The van der Waals surface area contributed by atoms with Gasteiger partial charge < -0.3 is 5.32 Å². The number of benzene rings is 1. The first-order chi connectivity index (χ1) is 9.38. The van der Waals surface area contributed by atoms with Gasteiger partial charge in [0.2, 0.25) is 0 Å². The van der Waals surface area contributed by atoms with Crippen molar-refractivity contribution in [2.24, 2.45) is 0 Å². The molecule has 3 aromatic rings. The van der Waals surface area contributed by atoms with Crippen LogP contribution in [0.4, 0.5) is 0 Å². The summed E-state index contributed by atoms with van der Waals surface area (Å²) in [6, 6.07) is 10.7. The number of likely N-dealkylation sites (N-methyl/N-ethyl adjacent to an activating group) is 1. The number of pyridine rings is 1. The van der Waals surface area contributed by atoms with E-state index in [9.17, 15) is 0 Å². The molecule has 1 N–H and O–H groups in total. The van der Waals surface area contributed by atoms with Gasteiger partial charge in [-0.05, 0) is 31.2 Å². The molecule has 19 heavy (non-hydrogen) atoms. The van der Waals surface area contributed by atoms with Crippen LogP contribution in [0.25, 0.3) is 10.9 Å². The van der Waals surface area contributed by atoms with Gasteiger partial charge in [0, 0.05) is 28.7 Å². The Kier molecular flexibility index (Phi) is 3.53. The number of para-hydroxylation sites is 1. The largest absolute Gasteiger partial charge is 0.312 e. The third-order valence-corrected chi connectivity index (χ3v) is 4.20. The fraction of sp³-hybridized carbons (Fsp3) is 0.200. The number of hydrogen-bond acceptors (Lipinski definition) is 4. The standard InChI is InChI=1S/C15H15N3S/c1-16-14(15-9-17-10-19-15)8-11-6-7-18-13-5-3-2-4-12(11)13/h2-7,9-10,14,16H,8H2,1H3. The Morgan fingerprint density at radius 3 is 2.95 bits per heavy atom. The lowest BCUT2D eigenvalue weighted by Crippen LogP contribution is -2.17. The Morgan fingerprint density at radius 1 is 1.26 bits per heavy atom. The summed E-state index contributed by atoms with van der Waals surface area (Å²) in [7, 11) is 1.99. The molecular weight excluding hydrogens is 254 g/mol. The van der Waals surface area contributed by atoms with Gasteiger partial charge >= 0.3 is 0 Å². The number of nitrogens with one attached hydrogen (secondary N) is 1. The number of nitrogens with zero attached hydrogens (tertiary/aromatic N) is 2. The average molecular weight is 269 g/mol. The first-order valence-electron chi connectivity index (χ1n) is 6.27. The minimum atomic E-state index is 0.304. The lowest BCUT2D eigenvalue weighted by atomic mass is 10.0. The van der Waals surface area contributed by atoms with Crippen LogP contribution in [0.5, 0.6) is 0 Å². The van der Waals surface area contributed by atoms with E-state index in [0.717, 1.165) is 11.9 Å². The lowest BCUT2D eigenvalue weighted by molar-refractivity contribution is 0.603. The van der Waals surface area contributed by atoms with E-state index in [-0.39, 0.29) is 0 Å². The summed E-state index contributed by atoms with van der Waals surface area (Å²) in [6.07, 6.45) is 4.77. The zero-order valence-corrected chi connectivity index (χ0v) is 11.5. The molecule has 4 heteroatoms. The third-order valence-electron chi connectivity index (χ3n) is 3.31. The lowest BCUT2D eigenvalue weighted by Gasteiger charge is -2.15. The molecule has 0 radical (unpaired) electrons. The number of hydrogen-bond donors (Lipinski definition) is 1. The fourth-order valence-electron chi connectivity index (χ4n) is 2.30. The van der Waals surface area contributed by atoms with E-state index in [1.165, 1.54) is 15.8 Å². The minimum absolute atomic E-state index is 0.304. The van der Waals surface area contributed by atoms with Crippen molar-refractivity contribution in [1.82, 2.24) is 15.3 Å². The van der Waals surface area contributed by atoms with Gasteiger partial charge in [0.05, 0.1) is 11.0 Å². The molecule has 0 amide bonds. The van der Waals surface area contributed by atoms with E-state index in [2.05, 4.69) is 39.6 Å². The van der Waals surface area contributed by atoms with Crippen molar-refractivity contribution in [2.45, 2.75) is 12.5 Å². The molecule has 3 nitrogen and oxygen atoms in total. The molecule has 0 aliphatic rings. The van der Waals surface area contributed by atoms with Crippen LogP contribution >= 0.6 is 11.3 Å². The summed E-state index contributed by atoms with van der Waals surface area (Å²) in [5.41, 5.74) is 4.25. The van der Waals surface area contributed by atoms with Crippen molar-refractivity contribution in [3.05, 3.63) is 58.7 Å². The summed E-state index contributed by atoms with van der Waals surface area (Å²) in [4.78, 5) is 9.84. The minimum Gasteiger partial charge on any atom is -0.312 e. The molecule has 96 valence electrons. The Morgan fingerprint density at radius 2 is 2.16 bits per heavy atom. The van der Waals surface area contributed by atoms with Crippen LogP contribution in [0, 0.1) is 0 Å². The molecule has 0 bridgehead atoms. The second-order valence-corrected chi connectivity index (χ2v) is 5.35. The van der Waals surface area contributed by atoms with Crippen LogP contribution in [-0.2, 0) is 6.42 Å².